The molecule has 0 N–H and O–H groups in total. The van der Waals surface area contributed by atoms with E-state index < -0.39 is 0 Å². The minimum absolute atomic E-state index is 0.287. The molecule has 0 fully saturated rings. The van der Waals surface area contributed by atoms with E-state index in [-0.39, 0.29) is 34.5 Å². The predicted octanol–water partition coefficient (Wildman–Crippen LogP) is 5.98. The minimum atomic E-state index is -0.344. The summed E-state index contributed by atoms with van der Waals surface area (Å²) in [4.78, 5) is 51.7. The Balaban J connectivity index is 1.40. The maximum atomic E-state index is 12.4. The molecule has 6 nitrogen and oxygen atoms in total. The highest BCUT2D eigenvalue weighted by Crippen LogP contribution is 2.38. The van der Waals surface area contributed by atoms with Gasteiger partial charge in [-0.15, -0.1) is 0 Å². The largest absolute Gasteiger partial charge is 0.269 e. The highest BCUT2D eigenvalue weighted by molar-refractivity contribution is 6.31. The van der Waals surface area contributed by atoms with E-state index in [0.29, 0.717) is 22.5 Å². The molecule has 0 atom stereocenters. The number of imide groups is 2. The zero-order valence-electron chi connectivity index (χ0n) is 23.6. The van der Waals surface area contributed by atoms with Crippen LogP contribution in [0.1, 0.15) is 63.8 Å². The summed E-state index contributed by atoms with van der Waals surface area (Å²) in [6, 6.07) is 23.7. The normalized spacial score (nSPS) is 16.1. The lowest BCUT2D eigenvalue weighted by Gasteiger charge is -2.31. The molecule has 3 aromatic rings. The van der Waals surface area contributed by atoms with Crippen LogP contribution in [-0.4, -0.2) is 23.6 Å². The Morgan fingerprint density at radius 2 is 0.850 bits per heavy atom. The van der Waals surface area contributed by atoms with Crippen molar-refractivity contribution in [1.82, 2.24) is 0 Å². The number of hydrogen-bond acceptors (Lipinski definition) is 4. The van der Waals surface area contributed by atoms with Crippen molar-refractivity contribution in [3.8, 4) is 0 Å². The van der Waals surface area contributed by atoms with Crippen LogP contribution in [0.2, 0.25) is 0 Å². The molecule has 2 aliphatic rings. The Morgan fingerprint density at radius 1 is 0.500 bits per heavy atom. The molecule has 40 heavy (non-hydrogen) atoms. The number of benzene rings is 3. The third kappa shape index (κ3) is 4.39. The standard InChI is InChI=1S/C34H32N2O4/c1-21-18-29(37)35(31(21)39)27-14-10-23(11-15-27)33(3,4)25-8-7-9-26(20-25)34(5,6)24-12-16-28(17-13-24)36-30(38)19-22(2)32(36)40/h7-20H,1-6H3. The van der Waals surface area contributed by atoms with Gasteiger partial charge in [0.25, 0.3) is 23.6 Å². The Bertz CT molecular complexity index is 1500. The van der Waals surface area contributed by atoms with Gasteiger partial charge in [0.05, 0.1) is 11.4 Å². The number of amides is 4. The van der Waals surface area contributed by atoms with Crippen molar-refractivity contribution in [2.75, 3.05) is 9.80 Å². The zero-order chi connectivity index (χ0) is 29.0. The van der Waals surface area contributed by atoms with Gasteiger partial charge in [0, 0.05) is 34.1 Å². The van der Waals surface area contributed by atoms with Crippen LogP contribution in [-0.2, 0) is 30.0 Å². The molecule has 0 aromatic heterocycles. The molecular weight excluding hydrogens is 500 g/mol. The zero-order valence-corrected chi connectivity index (χ0v) is 23.6. The van der Waals surface area contributed by atoms with E-state index in [4.69, 9.17) is 0 Å². The third-order valence-corrected chi connectivity index (χ3v) is 8.20. The lowest BCUT2D eigenvalue weighted by atomic mass is 9.73. The van der Waals surface area contributed by atoms with Crippen LogP contribution in [0.15, 0.2) is 96.1 Å². The van der Waals surface area contributed by atoms with E-state index in [1.54, 1.807) is 13.8 Å². The summed E-state index contributed by atoms with van der Waals surface area (Å²) < 4.78 is 0. The van der Waals surface area contributed by atoms with Gasteiger partial charge in [0.2, 0.25) is 0 Å². The van der Waals surface area contributed by atoms with Gasteiger partial charge in [0.1, 0.15) is 0 Å². The van der Waals surface area contributed by atoms with Crippen molar-refractivity contribution in [3.05, 3.63) is 118 Å². The molecule has 0 bridgehead atoms. The van der Waals surface area contributed by atoms with Gasteiger partial charge in [-0.2, -0.15) is 0 Å². The molecule has 0 saturated heterocycles. The van der Waals surface area contributed by atoms with Crippen LogP contribution in [0, 0.1) is 0 Å². The number of rotatable bonds is 6. The molecule has 0 spiro atoms. The number of carbonyl (C=O) groups excluding carboxylic acids is 4. The maximum Gasteiger partial charge on any atom is 0.261 e. The van der Waals surface area contributed by atoms with Crippen molar-refractivity contribution in [3.63, 3.8) is 0 Å². The van der Waals surface area contributed by atoms with Gasteiger partial charge < -0.3 is 0 Å². The quantitative estimate of drug-likeness (QED) is 0.366. The molecule has 2 aliphatic heterocycles. The molecular formula is C34H32N2O4. The van der Waals surface area contributed by atoms with E-state index in [1.807, 2.05) is 48.5 Å². The van der Waals surface area contributed by atoms with Gasteiger partial charge >= 0.3 is 0 Å². The molecule has 202 valence electrons. The first-order valence-electron chi connectivity index (χ1n) is 13.3. The van der Waals surface area contributed by atoms with Crippen LogP contribution in [0.4, 0.5) is 11.4 Å². The van der Waals surface area contributed by atoms with Crippen LogP contribution in [0.5, 0.6) is 0 Å². The van der Waals surface area contributed by atoms with E-state index in [0.717, 1.165) is 22.3 Å². The molecule has 3 aromatic carbocycles. The number of carbonyl (C=O) groups is 4. The Morgan fingerprint density at radius 3 is 1.15 bits per heavy atom. The van der Waals surface area contributed by atoms with Crippen molar-refractivity contribution < 1.29 is 19.2 Å². The molecule has 0 aliphatic carbocycles. The van der Waals surface area contributed by atoms with Gasteiger partial charge in [0.15, 0.2) is 0 Å². The summed E-state index contributed by atoms with van der Waals surface area (Å²) in [6.07, 6.45) is 2.73. The topological polar surface area (TPSA) is 74.8 Å². The Kier molecular flexibility index (Phi) is 6.45. The van der Waals surface area contributed by atoms with E-state index >= 15 is 0 Å². The molecule has 0 saturated carbocycles. The maximum absolute atomic E-state index is 12.4. The summed E-state index contributed by atoms with van der Waals surface area (Å²) in [6.45, 7) is 11.9. The van der Waals surface area contributed by atoms with E-state index in [1.165, 1.54) is 22.0 Å². The van der Waals surface area contributed by atoms with Crippen LogP contribution < -0.4 is 9.80 Å². The summed E-state index contributed by atoms with van der Waals surface area (Å²) >= 11 is 0. The highest BCUT2D eigenvalue weighted by atomic mass is 16.2. The summed E-state index contributed by atoms with van der Waals surface area (Å²) in [5.74, 6) is -1.21. The van der Waals surface area contributed by atoms with Crippen LogP contribution in [0.25, 0.3) is 0 Å². The fourth-order valence-electron chi connectivity index (χ4n) is 5.35. The van der Waals surface area contributed by atoms with E-state index in [2.05, 4.69) is 52.0 Å². The van der Waals surface area contributed by atoms with Gasteiger partial charge in [-0.25, -0.2) is 9.80 Å². The number of nitrogens with zero attached hydrogens (tertiary/aromatic N) is 2. The van der Waals surface area contributed by atoms with Crippen molar-refractivity contribution >= 4 is 35.0 Å². The second-order valence-electron chi connectivity index (χ2n) is 11.5. The first kappa shape index (κ1) is 27.0. The average molecular weight is 533 g/mol. The van der Waals surface area contributed by atoms with Gasteiger partial charge in [-0.3, -0.25) is 19.2 Å². The number of anilines is 2. The fraction of sp³-hybridized carbons (Fsp3) is 0.235. The Hall–Kier alpha value is -4.58. The summed E-state index contributed by atoms with van der Waals surface area (Å²) in [5, 5.41) is 0. The molecule has 0 unspecified atom stereocenters. The van der Waals surface area contributed by atoms with Crippen molar-refractivity contribution in [1.29, 1.82) is 0 Å². The average Bonchev–Trinajstić information content (AvgIpc) is 3.34. The molecule has 5 rings (SSSR count). The van der Waals surface area contributed by atoms with E-state index in [9.17, 15) is 19.2 Å². The lowest BCUT2D eigenvalue weighted by molar-refractivity contribution is -0.121. The molecule has 0 radical (unpaired) electrons. The van der Waals surface area contributed by atoms with Crippen molar-refractivity contribution in [2.24, 2.45) is 0 Å². The SMILES string of the molecule is CC1=CC(=O)N(c2ccc(C(C)(C)c3cccc(C(C)(C)c4ccc(N5C(=O)C=C(C)C5=O)cc4)c3)cc2)C1=O. The fourth-order valence-corrected chi connectivity index (χ4v) is 5.35. The van der Waals surface area contributed by atoms with Gasteiger partial charge in [-0.1, -0.05) is 76.2 Å². The predicted molar refractivity (Wildman–Crippen MR) is 156 cm³/mol. The summed E-state index contributed by atoms with van der Waals surface area (Å²) in [5.41, 5.74) is 5.68. The first-order valence-corrected chi connectivity index (χ1v) is 13.3. The second kappa shape index (κ2) is 9.56. The third-order valence-electron chi connectivity index (χ3n) is 8.20. The lowest BCUT2D eigenvalue weighted by Crippen LogP contribution is -2.30. The second-order valence-corrected chi connectivity index (χ2v) is 11.5. The Labute approximate surface area is 234 Å². The highest BCUT2D eigenvalue weighted by Gasteiger charge is 2.33. The monoisotopic (exact) mass is 532 g/mol. The first-order chi connectivity index (χ1) is 18.8. The van der Waals surface area contributed by atoms with Crippen LogP contribution >= 0.6 is 0 Å². The minimum Gasteiger partial charge on any atom is -0.269 e. The molecule has 6 heteroatoms. The van der Waals surface area contributed by atoms with Gasteiger partial charge in [-0.05, 0) is 60.4 Å². The molecule has 2 heterocycles. The van der Waals surface area contributed by atoms with Crippen LogP contribution in [0.3, 0.4) is 0 Å². The molecule has 4 amide bonds. The number of hydrogen-bond donors (Lipinski definition) is 0. The smallest absolute Gasteiger partial charge is 0.261 e. The summed E-state index contributed by atoms with van der Waals surface area (Å²) in [7, 11) is 0. The van der Waals surface area contributed by atoms with Crippen molar-refractivity contribution in [2.45, 2.75) is 52.4 Å².